The molecule has 0 amide bonds. The predicted molar refractivity (Wildman–Crippen MR) is 51.0 cm³/mol. The third-order valence-electron chi connectivity index (χ3n) is 1.90. The van der Waals surface area contributed by atoms with E-state index in [9.17, 15) is 14.5 Å². The summed E-state index contributed by atoms with van der Waals surface area (Å²) in [5, 5.41) is 10.7. The van der Waals surface area contributed by atoms with Crippen LogP contribution in [0.1, 0.15) is 5.56 Å². The van der Waals surface area contributed by atoms with Crippen molar-refractivity contribution in [3.05, 3.63) is 27.8 Å². The van der Waals surface area contributed by atoms with Gasteiger partial charge in [0, 0.05) is 5.56 Å². The van der Waals surface area contributed by atoms with Crippen LogP contribution in [0.15, 0.2) is 12.1 Å². The molecule has 0 aliphatic heterocycles. The third-order valence-corrected chi connectivity index (χ3v) is 1.90. The van der Waals surface area contributed by atoms with E-state index in [0.717, 1.165) is 0 Å². The molecule has 1 rings (SSSR count). The fourth-order valence-corrected chi connectivity index (χ4v) is 1.23. The highest BCUT2D eigenvalue weighted by Crippen LogP contribution is 2.35. The first kappa shape index (κ1) is 11.2. The molecule has 0 unspecified atom stereocenters. The van der Waals surface area contributed by atoms with Crippen molar-refractivity contribution in [2.24, 2.45) is 0 Å². The third kappa shape index (κ3) is 2.15. The quantitative estimate of drug-likeness (QED) is 0.569. The SMILES string of the molecule is COc1cc(CF)c(OC)c([N+](=O)[O-])c1. The molecular formula is C9H10FNO4. The first-order valence-corrected chi connectivity index (χ1v) is 4.09. The molecule has 0 saturated heterocycles. The van der Waals surface area contributed by atoms with Crippen molar-refractivity contribution >= 4 is 5.69 Å². The molecular weight excluding hydrogens is 205 g/mol. The van der Waals surface area contributed by atoms with E-state index in [4.69, 9.17) is 9.47 Å². The minimum Gasteiger partial charge on any atom is -0.496 e. The number of methoxy groups -OCH3 is 2. The first-order chi connectivity index (χ1) is 7.13. The van der Waals surface area contributed by atoms with E-state index < -0.39 is 11.6 Å². The average Bonchev–Trinajstić information content (AvgIpc) is 2.26. The molecule has 0 bridgehead atoms. The molecule has 1 aromatic rings. The number of nitro benzene ring substituents is 1. The zero-order valence-electron chi connectivity index (χ0n) is 8.32. The molecule has 82 valence electrons. The van der Waals surface area contributed by atoms with Crippen LogP contribution in [0.3, 0.4) is 0 Å². The van der Waals surface area contributed by atoms with Gasteiger partial charge in [0.05, 0.1) is 25.2 Å². The molecule has 0 atom stereocenters. The van der Waals surface area contributed by atoms with Crippen molar-refractivity contribution in [2.75, 3.05) is 14.2 Å². The van der Waals surface area contributed by atoms with Gasteiger partial charge in [-0.3, -0.25) is 10.1 Å². The van der Waals surface area contributed by atoms with Gasteiger partial charge in [-0.15, -0.1) is 0 Å². The van der Waals surface area contributed by atoms with Gasteiger partial charge in [0.15, 0.2) is 0 Å². The smallest absolute Gasteiger partial charge is 0.315 e. The topological polar surface area (TPSA) is 61.6 Å². The lowest BCUT2D eigenvalue weighted by Gasteiger charge is -2.08. The molecule has 0 aromatic heterocycles. The summed E-state index contributed by atoms with van der Waals surface area (Å²) in [7, 11) is 2.61. The maximum Gasteiger partial charge on any atom is 0.315 e. The Hall–Kier alpha value is -1.85. The van der Waals surface area contributed by atoms with Crippen molar-refractivity contribution < 1.29 is 18.8 Å². The van der Waals surface area contributed by atoms with Gasteiger partial charge >= 0.3 is 5.69 Å². The number of halogens is 1. The second-order valence-electron chi connectivity index (χ2n) is 2.73. The Balaban J connectivity index is 3.39. The number of nitrogens with zero attached hydrogens (tertiary/aromatic N) is 1. The van der Waals surface area contributed by atoms with Gasteiger partial charge in [0.1, 0.15) is 12.4 Å². The Morgan fingerprint density at radius 1 is 1.40 bits per heavy atom. The van der Waals surface area contributed by atoms with Crippen LogP contribution < -0.4 is 9.47 Å². The maximum absolute atomic E-state index is 12.6. The lowest BCUT2D eigenvalue weighted by molar-refractivity contribution is -0.385. The Labute approximate surface area is 85.6 Å². The lowest BCUT2D eigenvalue weighted by atomic mass is 10.1. The minimum atomic E-state index is -0.846. The van der Waals surface area contributed by atoms with E-state index in [1.54, 1.807) is 0 Å². The summed E-state index contributed by atoms with van der Waals surface area (Å²) in [6.45, 7) is -0.846. The molecule has 0 N–H and O–H groups in total. The second-order valence-corrected chi connectivity index (χ2v) is 2.73. The number of hydrogen-bond acceptors (Lipinski definition) is 4. The van der Waals surface area contributed by atoms with Gasteiger partial charge < -0.3 is 9.47 Å². The van der Waals surface area contributed by atoms with Crippen LogP contribution in [0, 0.1) is 10.1 Å². The zero-order valence-corrected chi connectivity index (χ0v) is 8.32. The summed E-state index contributed by atoms with van der Waals surface area (Å²) in [6, 6.07) is 2.56. The molecule has 0 aliphatic rings. The molecule has 0 fully saturated rings. The number of alkyl halides is 1. The van der Waals surface area contributed by atoms with Gasteiger partial charge in [0.2, 0.25) is 5.75 Å². The van der Waals surface area contributed by atoms with E-state index in [1.165, 1.54) is 26.4 Å². The summed E-state index contributed by atoms with van der Waals surface area (Å²) in [4.78, 5) is 10.0. The fourth-order valence-electron chi connectivity index (χ4n) is 1.23. The highest BCUT2D eigenvalue weighted by atomic mass is 19.1. The number of ether oxygens (including phenoxy) is 2. The largest absolute Gasteiger partial charge is 0.496 e. The average molecular weight is 215 g/mol. The highest BCUT2D eigenvalue weighted by Gasteiger charge is 2.20. The van der Waals surface area contributed by atoms with Gasteiger partial charge in [-0.2, -0.15) is 0 Å². The van der Waals surface area contributed by atoms with Gasteiger partial charge in [-0.1, -0.05) is 0 Å². The molecule has 15 heavy (non-hydrogen) atoms. The number of benzene rings is 1. The van der Waals surface area contributed by atoms with Crippen LogP contribution >= 0.6 is 0 Å². The summed E-state index contributed by atoms with van der Waals surface area (Å²) < 4.78 is 22.2. The maximum atomic E-state index is 12.6. The lowest BCUT2D eigenvalue weighted by Crippen LogP contribution is -1.98. The monoisotopic (exact) mass is 215 g/mol. The van der Waals surface area contributed by atoms with Crippen LogP contribution in [0.2, 0.25) is 0 Å². The van der Waals surface area contributed by atoms with Crippen LogP contribution in [0.4, 0.5) is 10.1 Å². The van der Waals surface area contributed by atoms with Gasteiger partial charge in [-0.05, 0) is 6.07 Å². The summed E-state index contributed by atoms with van der Waals surface area (Å²) in [6.07, 6.45) is 0. The van der Waals surface area contributed by atoms with E-state index in [1.807, 2.05) is 0 Å². The Kier molecular flexibility index (Phi) is 3.43. The number of hydrogen-bond donors (Lipinski definition) is 0. The summed E-state index contributed by atoms with van der Waals surface area (Å²) >= 11 is 0. The van der Waals surface area contributed by atoms with E-state index in [2.05, 4.69) is 0 Å². The molecule has 0 spiro atoms. The van der Waals surface area contributed by atoms with Crippen molar-refractivity contribution in [1.29, 1.82) is 0 Å². The highest BCUT2D eigenvalue weighted by molar-refractivity contribution is 5.56. The van der Waals surface area contributed by atoms with Crippen molar-refractivity contribution in [3.8, 4) is 11.5 Å². The van der Waals surface area contributed by atoms with E-state index in [-0.39, 0.29) is 22.7 Å². The van der Waals surface area contributed by atoms with Gasteiger partial charge in [0.25, 0.3) is 0 Å². The van der Waals surface area contributed by atoms with Crippen molar-refractivity contribution in [2.45, 2.75) is 6.67 Å². The van der Waals surface area contributed by atoms with E-state index in [0.29, 0.717) is 0 Å². The molecule has 5 nitrogen and oxygen atoms in total. The molecule has 0 radical (unpaired) electrons. The molecule has 0 heterocycles. The molecule has 1 aromatic carbocycles. The van der Waals surface area contributed by atoms with Crippen LogP contribution in [-0.4, -0.2) is 19.1 Å². The first-order valence-electron chi connectivity index (χ1n) is 4.09. The fraction of sp³-hybridized carbons (Fsp3) is 0.333. The standard InChI is InChI=1S/C9H10FNO4/c1-14-7-3-6(5-10)9(15-2)8(4-7)11(12)13/h3-4H,5H2,1-2H3. The summed E-state index contributed by atoms with van der Waals surface area (Å²) in [5.41, 5.74) is -0.201. The van der Waals surface area contributed by atoms with Crippen molar-refractivity contribution in [3.63, 3.8) is 0 Å². The predicted octanol–water partition coefficient (Wildman–Crippen LogP) is 2.08. The Morgan fingerprint density at radius 2 is 2.07 bits per heavy atom. The van der Waals surface area contributed by atoms with E-state index >= 15 is 0 Å². The molecule has 0 aliphatic carbocycles. The second kappa shape index (κ2) is 4.59. The van der Waals surface area contributed by atoms with Crippen LogP contribution in [-0.2, 0) is 6.67 Å². The summed E-state index contributed by atoms with van der Waals surface area (Å²) in [5.74, 6) is 0.165. The normalized spacial score (nSPS) is 9.80. The Morgan fingerprint density at radius 3 is 2.47 bits per heavy atom. The van der Waals surface area contributed by atoms with Crippen LogP contribution in [0.25, 0.3) is 0 Å². The van der Waals surface area contributed by atoms with Crippen molar-refractivity contribution in [1.82, 2.24) is 0 Å². The van der Waals surface area contributed by atoms with Gasteiger partial charge in [-0.25, -0.2) is 4.39 Å². The number of nitro groups is 1. The Bertz CT molecular complexity index is 381. The molecule has 0 saturated carbocycles. The number of rotatable bonds is 4. The molecule has 6 heteroatoms. The zero-order chi connectivity index (χ0) is 11.4. The van der Waals surface area contributed by atoms with Crippen LogP contribution in [0.5, 0.6) is 11.5 Å². The minimum absolute atomic E-state index is 0.0664.